The molecule has 1 aliphatic carbocycles. The molecule has 1 aromatic rings. The molecule has 2 rings (SSSR count). The molecule has 2 N–H and O–H groups in total. The number of hydrogen-bond donors (Lipinski definition) is 2. The summed E-state index contributed by atoms with van der Waals surface area (Å²) in [6.07, 6.45) is 5.31. The molecule has 6 heteroatoms. The van der Waals surface area contributed by atoms with Gasteiger partial charge in [0, 0.05) is 24.9 Å². The van der Waals surface area contributed by atoms with Gasteiger partial charge in [-0.05, 0) is 25.0 Å². The molecular weight excluding hydrogens is 264 g/mol. The molecular formula is C13H20N2O3S. The Kier molecular flexibility index (Phi) is 4.54. The van der Waals surface area contributed by atoms with Crippen molar-refractivity contribution in [2.45, 2.75) is 37.7 Å². The number of aryl methyl sites for hydroxylation is 1. The Morgan fingerprint density at radius 1 is 1.32 bits per heavy atom. The summed E-state index contributed by atoms with van der Waals surface area (Å²) in [5.41, 5.74) is -0.0922. The second kappa shape index (κ2) is 5.98. The van der Waals surface area contributed by atoms with Crippen LogP contribution in [0.2, 0.25) is 0 Å². The number of sulfonamides is 1. The molecule has 0 unspecified atom stereocenters. The lowest BCUT2D eigenvalue weighted by Crippen LogP contribution is -2.41. The Labute approximate surface area is 114 Å². The number of nitrogens with one attached hydrogen (secondary N) is 1. The van der Waals surface area contributed by atoms with Crippen molar-refractivity contribution in [2.24, 2.45) is 0 Å². The van der Waals surface area contributed by atoms with E-state index in [9.17, 15) is 13.5 Å². The zero-order valence-corrected chi connectivity index (χ0v) is 11.7. The van der Waals surface area contributed by atoms with Gasteiger partial charge in [-0.15, -0.1) is 0 Å². The molecule has 0 aromatic carbocycles. The van der Waals surface area contributed by atoms with E-state index in [1.54, 1.807) is 18.3 Å². The van der Waals surface area contributed by atoms with Gasteiger partial charge in [-0.2, -0.15) is 0 Å². The van der Waals surface area contributed by atoms with Gasteiger partial charge in [0.05, 0.1) is 11.4 Å². The maximum Gasteiger partial charge on any atom is 0.212 e. The minimum atomic E-state index is -3.36. The first-order valence-electron chi connectivity index (χ1n) is 6.59. The first-order chi connectivity index (χ1) is 8.99. The Morgan fingerprint density at radius 3 is 2.68 bits per heavy atom. The average molecular weight is 284 g/mol. The first kappa shape index (κ1) is 14.4. The van der Waals surface area contributed by atoms with Gasteiger partial charge in [0.15, 0.2) is 0 Å². The summed E-state index contributed by atoms with van der Waals surface area (Å²) >= 11 is 0. The van der Waals surface area contributed by atoms with E-state index in [-0.39, 0.29) is 12.3 Å². The second-order valence-corrected chi connectivity index (χ2v) is 7.07. The highest BCUT2D eigenvalue weighted by molar-refractivity contribution is 7.89. The van der Waals surface area contributed by atoms with E-state index in [4.69, 9.17) is 0 Å². The van der Waals surface area contributed by atoms with E-state index in [1.165, 1.54) is 0 Å². The third kappa shape index (κ3) is 4.56. The lowest BCUT2D eigenvalue weighted by molar-refractivity contribution is 0.0532. The van der Waals surface area contributed by atoms with Crippen LogP contribution in [0.5, 0.6) is 0 Å². The largest absolute Gasteiger partial charge is 0.389 e. The van der Waals surface area contributed by atoms with E-state index in [0.717, 1.165) is 18.5 Å². The molecule has 0 atom stereocenters. The van der Waals surface area contributed by atoms with Gasteiger partial charge in [0.2, 0.25) is 10.0 Å². The standard InChI is InChI=1S/C13H20N2O3S/c16-13(7-2-3-8-13)11-15-19(17,18)10-6-12-5-1-4-9-14-12/h1,4-5,9,15-16H,2-3,6-8,10-11H2. The molecule has 1 aliphatic rings. The molecule has 0 spiro atoms. The van der Waals surface area contributed by atoms with Crippen LogP contribution in [-0.4, -0.2) is 36.4 Å². The van der Waals surface area contributed by atoms with Crippen LogP contribution in [0, 0.1) is 0 Å². The van der Waals surface area contributed by atoms with Gasteiger partial charge in [0.1, 0.15) is 0 Å². The fourth-order valence-corrected chi connectivity index (χ4v) is 3.42. The van der Waals surface area contributed by atoms with Gasteiger partial charge in [-0.25, -0.2) is 13.1 Å². The Bertz CT molecular complexity index is 496. The van der Waals surface area contributed by atoms with Gasteiger partial charge >= 0.3 is 0 Å². The molecule has 1 heterocycles. The highest BCUT2D eigenvalue weighted by Gasteiger charge is 2.32. The summed E-state index contributed by atoms with van der Waals surface area (Å²) < 4.78 is 26.2. The van der Waals surface area contributed by atoms with Crippen molar-refractivity contribution in [1.29, 1.82) is 0 Å². The minimum absolute atomic E-state index is 0.0000926. The molecule has 19 heavy (non-hydrogen) atoms. The van der Waals surface area contributed by atoms with E-state index >= 15 is 0 Å². The monoisotopic (exact) mass is 284 g/mol. The summed E-state index contributed by atoms with van der Waals surface area (Å²) in [6, 6.07) is 5.44. The van der Waals surface area contributed by atoms with Crippen LogP contribution in [0.1, 0.15) is 31.4 Å². The lowest BCUT2D eigenvalue weighted by atomic mass is 10.0. The van der Waals surface area contributed by atoms with E-state index in [0.29, 0.717) is 19.3 Å². The normalized spacial score (nSPS) is 18.6. The van der Waals surface area contributed by atoms with Crippen molar-refractivity contribution in [3.05, 3.63) is 30.1 Å². The third-order valence-corrected chi connectivity index (χ3v) is 4.83. The molecule has 0 radical (unpaired) electrons. The molecule has 0 saturated heterocycles. The SMILES string of the molecule is O=S(=O)(CCc1ccccn1)NCC1(O)CCCC1. The summed E-state index contributed by atoms with van der Waals surface area (Å²) in [4.78, 5) is 4.09. The van der Waals surface area contributed by atoms with Gasteiger partial charge in [0.25, 0.3) is 0 Å². The van der Waals surface area contributed by atoms with E-state index in [2.05, 4.69) is 9.71 Å². The van der Waals surface area contributed by atoms with E-state index in [1.807, 2.05) is 6.07 Å². The third-order valence-electron chi connectivity index (χ3n) is 3.51. The topological polar surface area (TPSA) is 79.3 Å². The minimum Gasteiger partial charge on any atom is -0.389 e. The van der Waals surface area contributed by atoms with Crippen LogP contribution in [0.3, 0.4) is 0 Å². The van der Waals surface area contributed by atoms with Crippen LogP contribution in [0.4, 0.5) is 0 Å². The highest BCUT2D eigenvalue weighted by Crippen LogP contribution is 2.28. The van der Waals surface area contributed by atoms with Crippen molar-refractivity contribution in [2.75, 3.05) is 12.3 Å². The van der Waals surface area contributed by atoms with Crippen molar-refractivity contribution >= 4 is 10.0 Å². The Morgan fingerprint density at radius 2 is 2.05 bits per heavy atom. The lowest BCUT2D eigenvalue weighted by Gasteiger charge is -2.22. The van der Waals surface area contributed by atoms with Gasteiger partial charge < -0.3 is 5.11 Å². The van der Waals surface area contributed by atoms with Gasteiger partial charge in [-0.3, -0.25) is 4.98 Å². The zero-order chi connectivity index (χ0) is 13.8. The molecule has 0 aliphatic heterocycles. The summed E-state index contributed by atoms with van der Waals surface area (Å²) in [5, 5.41) is 10.1. The van der Waals surface area contributed by atoms with Crippen molar-refractivity contribution in [1.82, 2.24) is 9.71 Å². The quantitative estimate of drug-likeness (QED) is 0.811. The van der Waals surface area contributed by atoms with Crippen LogP contribution in [-0.2, 0) is 16.4 Å². The first-order valence-corrected chi connectivity index (χ1v) is 8.24. The second-order valence-electron chi connectivity index (χ2n) is 5.14. The van der Waals surface area contributed by atoms with Crippen LogP contribution < -0.4 is 4.72 Å². The number of rotatable bonds is 6. The Hall–Kier alpha value is -0.980. The van der Waals surface area contributed by atoms with Crippen molar-refractivity contribution < 1.29 is 13.5 Å². The zero-order valence-electron chi connectivity index (χ0n) is 10.9. The molecule has 1 aromatic heterocycles. The number of hydrogen-bond acceptors (Lipinski definition) is 4. The predicted molar refractivity (Wildman–Crippen MR) is 73.1 cm³/mol. The van der Waals surface area contributed by atoms with Crippen molar-refractivity contribution in [3.8, 4) is 0 Å². The molecule has 106 valence electrons. The molecule has 0 amide bonds. The number of pyridine rings is 1. The highest BCUT2D eigenvalue weighted by atomic mass is 32.2. The molecule has 1 saturated carbocycles. The number of aromatic nitrogens is 1. The fraction of sp³-hybridized carbons (Fsp3) is 0.615. The Balaban J connectivity index is 1.82. The maximum absolute atomic E-state index is 11.9. The van der Waals surface area contributed by atoms with Crippen LogP contribution in [0.25, 0.3) is 0 Å². The van der Waals surface area contributed by atoms with Gasteiger partial charge in [-0.1, -0.05) is 18.9 Å². The van der Waals surface area contributed by atoms with E-state index < -0.39 is 15.6 Å². The summed E-state index contributed by atoms with van der Waals surface area (Å²) in [6.45, 7) is 0.123. The maximum atomic E-state index is 11.9. The average Bonchev–Trinajstić information content (AvgIpc) is 2.84. The van der Waals surface area contributed by atoms with Crippen molar-refractivity contribution in [3.63, 3.8) is 0 Å². The fourth-order valence-electron chi connectivity index (χ4n) is 2.31. The summed E-state index contributed by atoms with van der Waals surface area (Å²) in [7, 11) is -3.36. The summed E-state index contributed by atoms with van der Waals surface area (Å²) in [5.74, 6) is 0.0000926. The molecule has 1 fully saturated rings. The van der Waals surface area contributed by atoms with Crippen LogP contribution >= 0.6 is 0 Å². The number of nitrogens with zero attached hydrogens (tertiary/aromatic N) is 1. The predicted octanol–water partition coefficient (Wildman–Crippen LogP) is 0.849. The molecule has 0 bridgehead atoms. The number of aliphatic hydroxyl groups is 1. The van der Waals surface area contributed by atoms with Crippen LogP contribution in [0.15, 0.2) is 24.4 Å². The smallest absolute Gasteiger partial charge is 0.212 e. The molecule has 5 nitrogen and oxygen atoms in total.